The van der Waals surface area contributed by atoms with Crippen molar-refractivity contribution in [2.75, 3.05) is 24.6 Å². The van der Waals surface area contributed by atoms with Gasteiger partial charge in [-0.1, -0.05) is 0 Å². The van der Waals surface area contributed by atoms with Gasteiger partial charge in [-0.05, 0) is 63.6 Å². The number of hydrogen-bond acceptors (Lipinski definition) is 4. The second-order valence-corrected chi connectivity index (χ2v) is 6.17. The van der Waals surface area contributed by atoms with E-state index in [2.05, 4.69) is 31.0 Å². The monoisotopic (exact) mass is 344 g/mol. The molecule has 0 saturated heterocycles. The maximum Gasteiger partial charge on any atom is 0.251 e. The molecule has 0 aliphatic carbocycles. The number of hydrogen-bond donors (Lipinski definition) is 1. The van der Waals surface area contributed by atoms with Gasteiger partial charge < -0.3 is 19.4 Å². The van der Waals surface area contributed by atoms with Gasteiger partial charge in [0.05, 0.1) is 6.26 Å². The minimum Gasteiger partial charge on any atom is -0.467 e. The van der Waals surface area contributed by atoms with Crippen molar-refractivity contribution in [1.82, 2.24) is 5.32 Å². The third-order valence-corrected chi connectivity index (χ3v) is 4.00. The lowest BCUT2D eigenvalue weighted by Crippen LogP contribution is -2.30. The van der Waals surface area contributed by atoms with Gasteiger partial charge in [0, 0.05) is 37.0 Å². The Bertz CT molecular complexity index is 621. The van der Waals surface area contributed by atoms with Crippen LogP contribution in [0.25, 0.3) is 0 Å². The first-order chi connectivity index (χ1) is 12.1. The summed E-state index contributed by atoms with van der Waals surface area (Å²) in [6.45, 7) is 9.05. The second-order valence-electron chi connectivity index (χ2n) is 6.17. The van der Waals surface area contributed by atoms with E-state index in [1.54, 1.807) is 6.26 Å². The van der Waals surface area contributed by atoms with Crippen LogP contribution in [0.1, 0.15) is 43.3 Å². The Balaban J connectivity index is 1.69. The van der Waals surface area contributed by atoms with Crippen molar-refractivity contribution < 1.29 is 13.9 Å². The Kier molecular flexibility index (Phi) is 7.54. The van der Waals surface area contributed by atoms with Gasteiger partial charge in [0.25, 0.3) is 5.91 Å². The summed E-state index contributed by atoms with van der Waals surface area (Å²) >= 11 is 0. The van der Waals surface area contributed by atoms with Crippen LogP contribution in [0.2, 0.25) is 0 Å². The largest absolute Gasteiger partial charge is 0.467 e. The van der Waals surface area contributed by atoms with Crippen LogP contribution in [0.5, 0.6) is 0 Å². The Labute approximate surface area is 150 Å². The number of amides is 1. The summed E-state index contributed by atoms with van der Waals surface area (Å²) in [5.41, 5.74) is 1.82. The van der Waals surface area contributed by atoms with Crippen molar-refractivity contribution in [3.05, 3.63) is 54.0 Å². The van der Waals surface area contributed by atoms with Crippen molar-refractivity contribution in [3.8, 4) is 0 Å². The summed E-state index contributed by atoms with van der Waals surface area (Å²) < 4.78 is 10.7. The minimum atomic E-state index is -0.0508. The summed E-state index contributed by atoms with van der Waals surface area (Å²) in [4.78, 5) is 14.5. The van der Waals surface area contributed by atoms with Crippen LogP contribution < -0.4 is 10.2 Å². The quantitative estimate of drug-likeness (QED) is 0.665. The number of furan rings is 1. The molecule has 2 rings (SSSR count). The number of rotatable bonds is 10. The maximum absolute atomic E-state index is 12.2. The van der Waals surface area contributed by atoms with Crippen LogP contribution >= 0.6 is 0 Å². The molecule has 0 radical (unpaired) electrons. The molecule has 1 heterocycles. The molecule has 1 amide bonds. The maximum atomic E-state index is 12.2. The van der Waals surface area contributed by atoms with E-state index in [0.717, 1.165) is 24.4 Å². The van der Waals surface area contributed by atoms with Crippen LogP contribution in [0.4, 0.5) is 5.69 Å². The van der Waals surface area contributed by atoms with E-state index in [1.165, 1.54) is 0 Å². The Morgan fingerprint density at radius 3 is 2.60 bits per heavy atom. The summed E-state index contributed by atoms with van der Waals surface area (Å²) in [7, 11) is 0. The number of nitrogens with zero attached hydrogens (tertiary/aromatic N) is 1. The van der Waals surface area contributed by atoms with Crippen LogP contribution in [0, 0.1) is 0 Å². The van der Waals surface area contributed by atoms with Crippen LogP contribution in [-0.2, 0) is 11.3 Å². The van der Waals surface area contributed by atoms with E-state index in [4.69, 9.17) is 9.15 Å². The SMILES string of the molecule is CCN(c1ccc(C(=O)NCCCOCc2ccco2)cc1)C(C)C. The zero-order valence-corrected chi connectivity index (χ0v) is 15.3. The fourth-order valence-electron chi connectivity index (χ4n) is 2.70. The predicted molar refractivity (Wildman–Crippen MR) is 99.9 cm³/mol. The van der Waals surface area contributed by atoms with Crippen molar-refractivity contribution in [3.63, 3.8) is 0 Å². The number of ether oxygens (including phenoxy) is 1. The Morgan fingerprint density at radius 2 is 2.00 bits per heavy atom. The summed E-state index contributed by atoms with van der Waals surface area (Å²) in [6, 6.07) is 11.9. The zero-order chi connectivity index (χ0) is 18.1. The second kappa shape index (κ2) is 9.89. The van der Waals surface area contributed by atoms with Crippen molar-refractivity contribution in [1.29, 1.82) is 0 Å². The van der Waals surface area contributed by atoms with Crippen molar-refractivity contribution >= 4 is 11.6 Å². The molecule has 0 bridgehead atoms. The van der Waals surface area contributed by atoms with Gasteiger partial charge >= 0.3 is 0 Å². The van der Waals surface area contributed by atoms with E-state index < -0.39 is 0 Å². The molecule has 25 heavy (non-hydrogen) atoms. The molecule has 0 atom stereocenters. The first-order valence-corrected chi connectivity index (χ1v) is 8.86. The fourth-order valence-corrected chi connectivity index (χ4v) is 2.70. The highest BCUT2D eigenvalue weighted by molar-refractivity contribution is 5.94. The summed E-state index contributed by atoms with van der Waals surface area (Å²) in [5.74, 6) is 0.761. The highest BCUT2D eigenvalue weighted by Gasteiger charge is 2.10. The number of anilines is 1. The Morgan fingerprint density at radius 1 is 1.24 bits per heavy atom. The number of benzene rings is 1. The number of nitrogens with one attached hydrogen (secondary N) is 1. The van der Waals surface area contributed by atoms with Gasteiger partial charge in [0.15, 0.2) is 0 Å². The normalized spacial score (nSPS) is 10.9. The molecule has 1 aromatic carbocycles. The number of carbonyl (C=O) groups is 1. The molecule has 5 heteroatoms. The molecule has 0 saturated carbocycles. The lowest BCUT2D eigenvalue weighted by molar-refractivity contribution is 0.0917. The lowest BCUT2D eigenvalue weighted by atomic mass is 10.1. The van der Waals surface area contributed by atoms with Gasteiger partial charge in [-0.25, -0.2) is 0 Å². The van der Waals surface area contributed by atoms with Gasteiger partial charge in [0.1, 0.15) is 12.4 Å². The lowest BCUT2D eigenvalue weighted by Gasteiger charge is -2.27. The molecule has 0 aliphatic rings. The predicted octanol–water partition coefficient (Wildman–Crippen LogP) is 3.85. The highest BCUT2D eigenvalue weighted by Crippen LogP contribution is 2.17. The highest BCUT2D eigenvalue weighted by atomic mass is 16.5. The number of carbonyl (C=O) groups excluding carboxylic acids is 1. The smallest absolute Gasteiger partial charge is 0.251 e. The molecule has 2 aromatic rings. The first-order valence-electron chi connectivity index (χ1n) is 8.86. The summed E-state index contributed by atoms with van der Waals surface area (Å²) in [5, 5.41) is 2.92. The third kappa shape index (κ3) is 5.94. The Hall–Kier alpha value is -2.27. The van der Waals surface area contributed by atoms with Gasteiger partial charge in [0.2, 0.25) is 0 Å². The first kappa shape index (κ1) is 19.1. The van der Waals surface area contributed by atoms with E-state index in [-0.39, 0.29) is 5.91 Å². The van der Waals surface area contributed by atoms with E-state index >= 15 is 0 Å². The molecule has 0 aliphatic heterocycles. The van der Waals surface area contributed by atoms with E-state index in [0.29, 0.717) is 31.4 Å². The molecule has 0 unspecified atom stereocenters. The zero-order valence-electron chi connectivity index (χ0n) is 15.3. The molecular formula is C20H28N2O3. The molecule has 1 aromatic heterocycles. The van der Waals surface area contributed by atoms with E-state index in [1.807, 2.05) is 36.4 Å². The molecular weight excluding hydrogens is 316 g/mol. The molecule has 5 nitrogen and oxygen atoms in total. The molecule has 1 N–H and O–H groups in total. The average molecular weight is 344 g/mol. The molecule has 136 valence electrons. The van der Waals surface area contributed by atoms with Crippen molar-refractivity contribution in [2.24, 2.45) is 0 Å². The molecule has 0 spiro atoms. The standard InChI is InChI=1S/C20H28N2O3/c1-4-22(16(2)3)18-10-8-17(9-11-18)20(23)21-12-6-13-24-15-19-7-5-14-25-19/h5,7-11,14,16H,4,6,12-13,15H2,1-3H3,(H,21,23). The van der Waals surface area contributed by atoms with Gasteiger partial charge in [-0.2, -0.15) is 0 Å². The topological polar surface area (TPSA) is 54.7 Å². The summed E-state index contributed by atoms with van der Waals surface area (Å²) in [6.07, 6.45) is 2.40. The van der Waals surface area contributed by atoms with E-state index in [9.17, 15) is 4.79 Å². The van der Waals surface area contributed by atoms with Crippen LogP contribution in [0.15, 0.2) is 47.1 Å². The van der Waals surface area contributed by atoms with Gasteiger partial charge in [-0.15, -0.1) is 0 Å². The fraction of sp³-hybridized carbons (Fsp3) is 0.450. The van der Waals surface area contributed by atoms with Crippen LogP contribution in [0.3, 0.4) is 0 Å². The van der Waals surface area contributed by atoms with Crippen molar-refractivity contribution in [2.45, 2.75) is 39.8 Å². The minimum absolute atomic E-state index is 0.0508. The third-order valence-electron chi connectivity index (χ3n) is 4.00. The van der Waals surface area contributed by atoms with Crippen LogP contribution in [-0.4, -0.2) is 31.6 Å². The molecule has 0 fully saturated rings. The van der Waals surface area contributed by atoms with Gasteiger partial charge in [-0.3, -0.25) is 4.79 Å². The average Bonchev–Trinajstić information content (AvgIpc) is 3.12.